The first-order valence-corrected chi connectivity index (χ1v) is 3.74. The average molecular weight is 202 g/mol. The Bertz CT molecular complexity index is 353. The van der Waals surface area contributed by atoms with Crippen LogP contribution in [-0.4, -0.2) is 22.9 Å². The van der Waals surface area contributed by atoms with Crippen molar-refractivity contribution in [2.45, 2.75) is 0 Å². The van der Waals surface area contributed by atoms with Crippen LogP contribution in [0.15, 0.2) is 0 Å². The summed E-state index contributed by atoms with van der Waals surface area (Å²) >= 11 is 5.55. The molecule has 7 heteroatoms. The number of anilines is 2. The molecule has 0 atom stereocenters. The van der Waals surface area contributed by atoms with Gasteiger partial charge < -0.3 is 16.8 Å². The monoisotopic (exact) mass is 201 g/mol. The van der Waals surface area contributed by atoms with Gasteiger partial charge >= 0.3 is 0 Å². The molecule has 0 saturated carbocycles. The van der Waals surface area contributed by atoms with Crippen molar-refractivity contribution in [3.05, 3.63) is 10.8 Å². The van der Waals surface area contributed by atoms with E-state index in [1.54, 1.807) is 7.05 Å². The Morgan fingerprint density at radius 1 is 1.54 bits per heavy atom. The van der Waals surface area contributed by atoms with E-state index in [1.165, 1.54) is 0 Å². The van der Waals surface area contributed by atoms with Crippen molar-refractivity contribution in [2.24, 2.45) is 5.73 Å². The predicted octanol–water partition coefficient (Wildman–Crippen LogP) is -0.147. The van der Waals surface area contributed by atoms with Crippen molar-refractivity contribution in [3.63, 3.8) is 0 Å². The zero-order valence-electron chi connectivity index (χ0n) is 6.84. The normalized spacial score (nSPS) is 9.69. The largest absolute Gasteiger partial charge is 0.381 e. The Balaban J connectivity index is 3.33. The fraction of sp³-hybridized carbons (Fsp3) is 0.167. The highest BCUT2D eigenvalue weighted by atomic mass is 35.5. The van der Waals surface area contributed by atoms with E-state index in [9.17, 15) is 4.79 Å². The van der Waals surface area contributed by atoms with Crippen LogP contribution in [0.2, 0.25) is 5.15 Å². The Kier molecular flexibility index (Phi) is 2.52. The molecule has 13 heavy (non-hydrogen) atoms. The van der Waals surface area contributed by atoms with E-state index in [1.807, 2.05) is 0 Å². The number of halogens is 1. The van der Waals surface area contributed by atoms with Crippen LogP contribution >= 0.6 is 11.6 Å². The molecule has 1 amide bonds. The van der Waals surface area contributed by atoms with Gasteiger partial charge in [-0.05, 0) is 0 Å². The molecular formula is C6H8ClN5O. The lowest BCUT2D eigenvalue weighted by molar-refractivity contribution is 0.0996. The number of nitrogen functional groups attached to an aromatic ring is 1. The van der Waals surface area contributed by atoms with Crippen molar-refractivity contribution in [1.29, 1.82) is 0 Å². The highest BCUT2D eigenvalue weighted by Crippen LogP contribution is 2.18. The molecule has 0 spiro atoms. The van der Waals surface area contributed by atoms with Crippen molar-refractivity contribution in [3.8, 4) is 0 Å². The zero-order chi connectivity index (χ0) is 10.0. The quantitative estimate of drug-likeness (QED) is 0.617. The number of nitrogens with two attached hydrogens (primary N) is 2. The van der Waals surface area contributed by atoms with E-state index in [2.05, 4.69) is 15.3 Å². The molecule has 0 saturated heterocycles. The van der Waals surface area contributed by atoms with E-state index in [0.717, 1.165) is 0 Å². The summed E-state index contributed by atoms with van der Waals surface area (Å²) in [5.74, 6) is -0.441. The number of hydrogen-bond donors (Lipinski definition) is 3. The standard InChI is InChI=1S/C6H8ClN5O/c1-10-6-2(5(9)13)11-3(7)4(8)12-6/h1H3,(H2,9,13)(H3,8,10,12). The highest BCUT2D eigenvalue weighted by molar-refractivity contribution is 6.31. The third-order valence-electron chi connectivity index (χ3n) is 1.35. The summed E-state index contributed by atoms with van der Waals surface area (Å²) in [6.45, 7) is 0. The summed E-state index contributed by atoms with van der Waals surface area (Å²) in [5.41, 5.74) is 10.4. The number of nitrogens with zero attached hydrogens (tertiary/aromatic N) is 2. The molecule has 0 bridgehead atoms. The van der Waals surface area contributed by atoms with Crippen LogP contribution < -0.4 is 16.8 Å². The first kappa shape index (κ1) is 9.53. The first-order chi connectivity index (χ1) is 6.06. The molecule has 5 N–H and O–H groups in total. The lowest BCUT2D eigenvalue weighted by Crippen LogP contribution is -2.17. The summed E-state index contributed by atoms with van der Waals surface area (Å²) in [5, 5.41) is 2.60. The zero-order valence-corrected chi connectivity index (χ0v) is 7.59. The van der Waals surface area contributed by atoms with Crippen molar-refractivity contribution in [1.82, 2.24) is 9.97 Å². The summed E-state index contributed by atoms with van der Waals surface area (Å²) in [6.07, 6.45) is 0. The topological polar surface area (TPSA) is 107 Å². The van der Waals surface area contributed by atoms with E-state index < -0.39 is 5.91 Å². The summed E-state index contributed by atoms with van der Waals surface area (Å²) in [4.78, 5) is 18.3. The molecule has 0 radical (unpaired) electrons. The van der Waals surface area contributed by atoms with Gasteiger partial charge in [-0.25, -0.2) is 9.97 Å². The molecule has 0 aliphatic carbocycles. The molecule has 1 rings (SSSR count). The third-order valence-corrected chi connectivity index (χ3v) is 1.63. The first-order valence-electron chi connectivity index (χ1n) is 3.36. The maximum atomic E-state index is 10.8. The molecule has 1 aromatic rings. The van der Waals surface area contributed by atoms with Gasteiger partial charge in [0.2, 0.25) is 0 Å². The summed E-state index contributed by atoms with van der Waals surface area (Å²) < 4.78 is 0. The Morgan fingerprint density at radius 3 is 2.62 bits per heavy atom. The molecule has 0 fully saturated rings. The van der Waals surface area contributed by atoms with Gasteiger partial charge in [0, 0.05) is 7.05 Å². The van der Waals surface area contributed by atoms with Crippen LogP contribution in [0, 0.1) is 0 Å². The molecule has 1 aromatic heterocycles. The van der Waals surface area contributed by atoms with Crippen LogP contribution in [0.5, 0.6) is 0 Å². The number of primary amides is 1. The molecule has 0 unspecified atom stereocenters. The molecule has 1 heterocycles. The van der Waals surface area contributed by atoms with Crippen molar-refractivity contribution < 1.29 is 4.79 Å². The van der Waals surface area contributed by atoms with Gasteiger partial charge in [-0.3, -0.25) is 4.79 Å². The molecular weight excluding hydrogens is 194 g/mol. The number of amides is 1. The summed E-state index contributed by atoms with van der Waals surface area (Å²) in [6, 6.07) is 0. The summed E-state index contributed by atoms with van der Waals surface area (Å²) in [7, 11) is 1.57. The number of carbonyl (C=O) groups is 1. The Hall–Kier alpha value is -1.56. The van der Waals surface area contributed by atoms with Crippen LogP contribution in [0.4, 0.5) is 11.6 Å². The van der Waals surface area contributed by atoms with Crippen molar-refractivity contribution >= 4 is 29.1 Å². The number of aromatic nitrogens is 2. The number of rotatable bonds is 2. The molecule has 70 valence electrons. The third kappa shape index (κ3) is 1.78. The molecule has 0 aromatic carbocycles. The smallest absolute Gasteiger partial charge is 0.271 e. The van der Waals surface area contributed by atoms with E-state index >= 15 is 0 Å². The molecule has 6 nitrogen and oxygen atoms in total. The van der Waals surface area contributed by atoms with Crippen LogP contribution in [0.1, 0.15) is 10.5 Å². The van der Waals surface area contributed by atoms with Gasteiger partial charge in [0.1, 0.15) is 0 Å². The second kappa shape index (κ2) is 3.44. The number of carbonyl (C=O) groups excluding carboxylic acids is 1. The number of nitrogens with one attached hydrogen (secondary N) is 1. The fourth-order valence-electron chi connectivity index (χ4n) is 0.774. The van der Waals surface area contributed by atoms with E-state index in [4.69, 9.17) is 23.1 Å². The van der Waals surface area contributed by atoms with Gasteiger partial charge in [0.15, 0.2) is 22.5 Å². The second-order valence-corrected chi connectivity index (χ2v) is 2.57. The van der Waals surface area contributed by atoms with Crippen LogP contribution in [0.25, 0.3) is 0 Å². The van der Waals surface area contributed by atoms with E-state index in [-0.39, 0.29) is 22.5 Å². The minimum atomic E-state index is -0.709. The van der Waals surface area contributed by atoms with Gasteiger partial charge in [0.25, 0.3) is 5.91 Å². The fourth-order valence-corrected chi connectivity index (χ4v) is 0.901. The Morgan fingerprint density at radius 2 is 2.15 bits per heavy atom. The van der Waals surface area contributed by atoms with Gasteiger partial charge in [-0.15, -0.1) is 0 Å². The minimum absolute atomic E-state index is 0.0262. The maximum absolute atomic E-state index is 10.8. The Labute approximate surface area is 79.3 Å². The van der Waals surface area contributed by atoms with Crippen LogP contribution in [0.3, 0.4) is 0 Å². The minimum Gasteiger partial charge on any atom is -0.381 e. The van der Waals surface area contributed by atoms with E-state index in [0.29, 0.717) is 0 Å². The highest BCUT2D eigenvalue weighted by Gasteiger charge is 2.13. The maximum Gasteiger partial charge on any atom is 0.271 e. The lowest BCUT2D eigenvalue weighted by atomic mass is 10.4. The van der Waals surface area contributed by atoms with Crippen molar-refractivity contribution in [2.75, 3.05) is 18.1 Å². The van der Waals surface area contributed by atoms with Gasteiger partial charge in [-0.1, -0.05) is 11.6 Å². The molecule has 0 aliphatic heterocycles. The lowest BCUT2D eigenvalue weighted by Gasteiger charge is -2.05. The van der Waals surface area contributed by atoms with Gasteiger partial charge in [-0.2, -0.15) is 0 Å². The SMILES string of the molecule is CNc1nc(N)c(Cl)nc1C(N)=O. The van der Waals surface area contributed by atoms with Gasteiger partial charge in [0.05, 0.1) is 0 Å². The second-order valence-electron chi connectivity index (χ2n) is 2.21. The molecule has 0 aliphatic rings. The van der Waals surface area contributed by atoms with Crippen LogP contribution in [-0.2, 0) is 0 Å². The predicted molar refractivity (Wildman–Crippen MR) is 49.5 cm³/mol. The average Bonchev–Trinajstić information content (AvgIpc) is 2.08. The number of hydrogen-bond acceptors (Lipinski definition) is 5.